The van der Waals surface area contributed by atoms with Crippen molar-refractivity contribution in [3.05, 3.63) is 29.8 Å². The molecule has 0 aliphatic rings. The van der Waals surface area contributed by atoms with E-state index in [1.165, 1.54) is 6.07 Å². The Morgan fingerprint density at radius 2 is 2.24 bits per heavy atom. The topological polar surface area (TPSA) is 119 Å². The first kappa shape index (κ1) is 13.0. The van der Waals surface area contributed by atoms with Gasteiger partial charge in [-0.25, -0.2) is 4.79 Å². The number of hydrogen-bond donors (Lipinski definition) is 4. The molecule has 6 nitrogen and oxygen atoms in total. The summed E-state index contributed by atoms with van der Waals surface area (Å²) in [5, 5.41) is 30.0. The number of rotatable bonds is 4. The van der Waals surface area contributed by atoms with E-state index >= 15 is 0 Å². The molecule has 1 aromatic carbocycles. The highest BCUT2D eigenvalue weighted by atomic mass is 16.3. The fourth-order valence-electron chi connectivity index (χ4n) is 1.37. The summed E-state index contributed by atoms with van der Waals surface area (Å²) >= 11 is 0. The van der Waals surface area contributed by atoms with Crippen LogP contribution in [0.2, 0.25) is 0 Å². The van der Waals surface area contributed by atoms with Crippen LogP contribution in [0.1, 0.15) is 18.1 Å². The summed E-state index contributed by atoms with van der Waals surface area (Å²) in [7, 11) is 0. The minimum atomic E-state index is -1.18. The monoisotopic (exact) mass is 235 g/mol. The van der Waals surface area contributed by atoms with Crippen LogP contribution in [0.15, 0.2) is 24.3 Å². The first-order valence-electron chi connectivity index (χ1n) is 4.94. The van der Waals surface area contributed by atoms with E-state index in [1.807, 2.05) is 0 Å². The Kier molecular flexibility index (Phi) is 4.46. The van der Waals surface area contributed by atoms with Gasteiger partial charge in [0.1, 0.15) is 6.10 Å². The van der Waals surface area contributed by atoms with Gasteiger partial charge in [-0.05, 0) is 17.7 Å². The van der Waals surface area contributed by atoms with E-state index in [9.17, 15) is 15.0 Å². The first-order chi connectivity index (χ1) is 8.04. The Bertz CT molecular complexity index is 442. The maximum absolute atomic E-state index is 10.6. The molecule has 1 rings (SSSR count). The predicted octanol–water partition coefficient (Wildman–Crippen LogP) is 0.485. The molecule has 6 heteroatoms. The zero-order valence-corrected chi connectivity index (χ0v) is 9.00. The average Bonchev–Trinajstić information content (AvgIpc) is 2.28. The molecule has 17 heavy (non-hydrogen) atoms. The quantitative estimate of drug-likeness (QED) is 0.606. The molecular weight excluding hydrogens is 222 g/mol. The molecule has 0 saturated heterocycles. The number of hydrogen-bond acceptors (Lipinski definition) is 4. The summed E-state index contributed by atoms with van der Waals surface area (Å²) in [6.45, 7) is 0. The summed E-state index contributed by atoms with van der Waals surface area (Å²) in [5.74, 6) is 0. The fraction of sp³-hybridized carbons (Fsp3) is 0.273. The Balaban J connectivity index is 2.84. The number of primary amides is 1. The Morgan fingerprint density at radius 3 is 2.82 bits per heavy atom. The normalized spacial score (nSPS) is 13.5. The van der Waals surface area contributed by atoms with E-state index in [0.29, 0.717) is 11.3 Å². The number of aliphatic hydroxyl groups excluding tert-OH is 2. The summed E-state index contributed by atoms with van der Waals surface area (Å²) in [6.07, 6.45) is -2.51. The highest BCUT2D eigenvalue weighted by Crippen LogP contribution is 2.21. The van der Waals surface area contributed by atoms with Crippen molar-refractivity contribution in [3.8, 4) is 6.07 Å². The largest absolute Gasteiger partial charge is 0.389 e. The number of nitrogens with one attached hydrogen (secondary N) is 1. The summed E-state index contributed by atoms with van der Waals surface area (Å²) in [6, 6.07) is 7.31. The van der Waals surface area contributed by atoms with Crippen LogP contribution < -0.4 is 11.1 Å². The van der Waals surface area contributed by atoms with Crippen molar-refractivity contribution in [2.75, 3.05) is 5.32 Å². The molecule has 2 unspecified atom stereocenters. The van der Waals surface area contributed by atoms with Crippen LogP contribution in [0, 0.1) is 11.3 Å². The van der Waals surface area contributed by atoms with E-state index in [0.717, 1.165) is 0 Å². The number of nitrogens with two attached hydrogens (primary N) is 1. The highest BCUT2D eigenvalue weighted by Gasteiger charge is 2.18. The molecule has 90 valence electrons. The van der Waals surface area contributed by atoms with Gasteiger partial charge in [0.25, 0.3) is 0 Å². The van der Waals surface area contributed by atoms with E-state index in [2.05, 4.69) is 5.32 Å². The molecule has 0 bridgehead atoms. The van der Waals surface area contributed by atoms with Gasteiger partial charge in [0.05, 0.1) is 18.6 Å². The van der Waals surface area contributed by atoms with Crippen molar-refractivity contribution in [1.82, 2.24) is 0 Å². The number of nitriles is 1. The van der Waals surface area contributed by atoms with E-state index in [4.69, 9.17) is 11.0 Å². The van der Waals surface area contributed by atoms with Gasteiger partial charge in [-0.15, -0.1) is 0 Å². The Hall–Kier alpha value is -2.10. The van der Waals surface area contributed by atoms with Crippen molar-refractivity contribution in [3.63, 3.8) is 0 Å². The first-order valence-corrected chi connectivity index (χ1v) is 4.94. The lowest BCUT2D eigenvalue weighted by atomic mass is 10.0. The summed E-state index contributed by atoms with van der Waals surface area (Å²) in [5.41, 5.74) is 5.77. The standard InChI is InChI=1S/C11H13N3O3/c12-5-4-9(15)10(16)7-2-1-3-8(6-7)14-11(13)17/h1-3,6,9-10,15-16H,4H2,(H3,13,14,17). The van der Waals surface area contributed by atoms with Crippen molar-refractivity contribution in [1.29, 1.82) is 5.26 Å². The molecule has 0 spiro atoms. The van der Waals surface area contributed by atoms with Gasteiger partial charge in [-0.3, -0.25) is 0 Å². The van der Waals surface area contributed by atoms with Crippen molar-refractivity contribution >= 4 is 11.7 Å². The molecule has 0 aromatic heterocycles. The second-order valence-electron chi connectivity index (χ2n) is 3.49. The molecule has 0 heterocycles. The lowest BCUT2D eigenvalue weighted by molar-refractivity contribution is 0.0217. The van der Waals surface area contributed by atoms with E-state index < -0.39 is 18.2 Å². The lowest BCUT2D eigenvalue weighted by Gasteiger charge is -2.16. The summed E-state index contributed by atoms with van der Waals surface area (Å²) in [4.78, 5) is 10.6. The van der Waals surface area contributed by atoms with E-state index in [-0.39, 0.29) is 6.42 Å². The van der Waals surface area contributed by atoms with Gasteiger partial charge in [-0.1, -0.05) is 12.1 Å². The number of carbonyl (C=O) groups excluding carboxylic acids is 1. The summed E-state index contributed by atoms with van der Waals surface area (Å²) < 4.78 is 0. The molecule has 2 atom stereocenters. The van der Waals surface area contributed by atoms with Crippen LogP contribution >= 0.6 is 0 Å². The van der Waals surface area contributed by atoms with Gasteiger partial charge >= 0.3 is 6.03 Å². The molecule has 0 radical (unpaired) electrons. The van der Waals surface area contributed by atoms with E-state index in [1.54, 1.807) is 24.3 Å². The van der Waals surface area contributed by atoms with Gasteiger partial charge in [0.2, 0.25) is 0 Å². The van der Waals surface area contributed by atoms with Crippen LogP contribution in [-0.2, 0) is 0 Å². The van der Waals surface area contributed by atoms with Crippen LogP contribution in [0.25, 0.3) is 0 Å². The number of urea groups is 1. The highest BCUT2D eigenvalue weighted by molar-refractivity contribution is 5.87. The van der Waals surface area contributed by atoms with Crippen LogP contribution in [0.3, 0.4) is 0 Å². The molecule has 5 N–H and O–H groups in total. The fourth-order valence-corrected chi connectivity index (χ4v) is 1.37. The zero-order valence-electron chi connectivity index (χ0n) is 9.00. The molecule has 1 aromatic rings. The third-order valence-corrected chi connectivity index (χ3v) is 2.16. The van der Waals surface area contributed by atoms with Gasteiger partial charge < -0.3 is 21.3 Å². The van der Waals surface area contributed by atoms with Crippen molar-refractivity contribution in [2.24, 2.45) is 5.73 Å². The van der Waals surface area contributed by atoms with Crippen molar-refractivity contribution in [2.45, 2.75) is 18.6 Å². The number of carbonyl (C=O) groups is 1. The second-order valence-corrected chi connectivity index (χ2v) is 3.49. The number of nitrogens with zero attached hydrogens (tertiary/aromatic N) is 1. The number of anilines is 1. The smallest absolute Gasteiger partial charge is 0.316 e. The maximum Gasteiger partial charge on any atom is 0.316 e. The van der Waals surface area contributed by atoms with Crippen LogP contribution in [-0.4, -0.2) is 22.3 Å². The lowest BCUT2D eigenvalue weighted by Crippen LogP contribution is -2.20. The minimum absolute atomic E-state index is 0.172. The van der Waals surface area contributed by atoms with Crippen LogP contribution in [0.4, 0.5) is 10.5 Å². The number of aliphatic hydroxyl groups is 2. The minimum Gasteiger partial charge on any atom is -0.389 e. The van der Waals surface area contributed by atoms with Gasteiger partial charge in [0, 0.05) is 5.69 Å². The average molecular weight is 235 g/mol. The number of amides is 2. The van der Waals surface area contributed by atoms with Gasteiger partial charge in [-0.2, -0.15) is 5.26 Å². The third kappa shape index (κ3) is 3.75. The molecule has 0 aliphatic heterocycles. The Morgan fingerprint density at radius 1 is 1.53 bits per heavy atom. The molecule has 0 saturated carbocycles. The molecular formula is C11H13N3O3. The second kappa shape index (κ2) is 5.84. The maximum atomic E-state index is 10.6. The zero-order chi connectivity index (χ0) is 12.8. The van der Waals surface area contributed by atoms with Gasteiger partial charge in [0.15, 0.2) is 0 Å². The molecule has 0 fully saturated rings. The van der Waals surface area contributed by atoms with Crippen LogP contribution in [0.5, 0.6) is 0 Å². The third-order valence-electron chi connectivity index (χ3n) is 2.16. The van der Waals surface area contributed by atoms with Crippen molar-refractivity contribution < 1.29 is 15.0 Å². The molecule has 2 amide bonds. The Labute approximate surface area is 98.3 Å². The SMILES string of the molecule is N#CCC(O)C(O)c1cccc(NC(N)=O)c1. The number of benzene rings is 1. The molecule has 0 aliphatic carbocycles. The predicted molar refractivity (Wildman–Crippen MR) is 60.8 cm³/mol.